The Morgan fingerprint density at radius 3 is 2.00 bits per heavy atom. The van der Waals surface area contributed by atoms with Gasteiger partial charge < -0.3 is 4.74 Å². The minimum Gasteiger partial charge on any atom is -0.424 e. The molecule has 0 amide bonds. The molecule has 0 aliphatic rings. The maximum Gasteiger partial charge on any atom is 0.321 e. The van der Waals surface area contributed by atoms with Gasteiger partial charge in [0.05, 0.1) is 6.04 Å². The van der Waals surface area contributed by atoms with E-state index < -0.39 is 0 Å². The van der Waals surface area contributed by atoms with Gasteiger partial charge in [0.25, 0.3) is 0 Å². The lowest BCUT2D eigenvalue weighted by Gasteiger charge is -2.09. The average Bonchev–Trinajstić information content (AvgIpc) is 3.10. The lowest BCUT2D eigenvalue weighted by atomic mass is 10.3. The predicted molar refractivity (Wildman–Crippen MR) is 115 cm³/mol. The van der Waals surface area contributed by atoms with Crippen LogP contribution in [0.3, 0.4) is 0 Å². The summed E-state index contributed by atoms with van der Waals surface area (Å²) in [6.45, 7) is 8.11. The predicted octanol–water partition coefficient (Wildman–Crippen LogP) is 6.45. The number of halogens is 4. The van der Waals surface area contributed by atoms with E-state index in [1.807, 2.05) is 39.8 Å². The van der Waals surface area contributed by atoms with Crippen molar-refractivity contribution in [1.82, 2.24) is 29.5 Å². The van der Waals surface area contributed by atoms with Gasteiger partial charge >= 0.3 is 6.01 Å². The minimum absolute atomic E-state index is 0.169. The van der Waals surface area contributed by atoms with Gasteiger partial charge in [0.1, 0.15) is 5.75 Å². The Labute approximate surface area is 187 Å². The normalized spacial score (nSPS) is 10.9. The molecule has 0 aliphatic carbocycles. The molecule has 0 spiro atoms. The molecular formula is C16H18Br3ClN6O. The van der Waals surface area contributed by atoms with E-state index in [2.05, 4.69) is 68.0 Å². The number of benzene rings is 1. The van der Waals surface area contributed by atoms with Crippen LogP contribution in [0.2, 0.25) is 5.02 Å². The summed E-state index contributed by atoms with van der Waals surface area (Å²) in [7, 11) is 0. The SMILES string of the molecule is CC(C)n1nc(Br)nc1Br.CC(C)n1nc(Br)nc1Oc1cccc(Cl)c1. The van der Waals surface area contributed by atoms with Crippen LogP contribution in [-0.4, -0.2) is 29.5 Å². The zero-order chi connectivity index (χ0) is 20.1. The van der Waals surface area contributed by atoms with E-state index in [-0.39, 0.29) is 6.04 Å². The van der Waals surface area contributed by atoms with Crippen molar-refractivity contribution in [3.05, 3.63) is 43.5 Å². The lowest BCUT2D eigenvalue weighted by Crippen LogP contribution is -2.05. The Kier molecular flexibility index (Phi) is 8.26. The fourth-order valence-electron chi connectivity index (χ4n) is 1.93. The van der Waals surface area contributed by atoms with Crippen LogP contribution in [0.5, 0.6) is 11.8 Å². The molecule has 2 aromatic heterocycles. The molecule has 2 heterocycles. The number of nitrogens with zero attached hydrogens (tertiary/aromatic N) is 6. The van der Waals surface area contributed by atoms with Crippen molar-refractivity contribution in [2.45, 2.75) is 39.8 Å². The fraction of sp³-hybridized carbons (Fsp3) is 0.375. The highest BCUT2D eigenvalue weighted by molar-refractivity contribution is 9.11. The summed E-state index contributed by atoms with van der Waals surface area (Å²) < 4.78 is 11.0. The molecular weight excluding hydrogens is 567 g/mol. The Morgan fingerprint density at radius 1 is 0.926 bits per heavy atom. The van der Waals surface area contributed by atoms with Crippen LogP contribution in [0.25, 0.3) is 0 Å². The van der Waals surface area contributed by atoms with Crippen molar-refractivity contribution in [3.8, 4) is 11.8 Å². The first-order valence-corrected chi connectivity index (χ1v) is 10.8. The van der Waals surface area contributed by atoms with Crippen molar-refractivity contribution in [2.75, 3.05) is 0 Å². The van der Waals surface area contributed by atoms with Gasteiger partial charge in [-0.15, -0.1) is 10.2 Å². The summed E-state index contributed by atoms with van der Waals surface area (Å²) in [4.78, 5) is 8.18. The Balaban J connectivity index is 0.000000223. The van der Waals surface area contributed by atoms with Gasteiger partial charge in [-0.05, 0) is 93.7 Å². The summed E-state index contributed by atoms with van der Waals surface area (Å²) in [5.41, 5.74) is 0. The third-order valence-corrected chi connectivity index (χ3v) is 4.57. The zero-order valence-electron chi connectivity index (χ0n) is 15.1. The Bertz CT molecular complexity index is 896. The number of ether oxygens (including phenoxy) is 1. The van der Waals surface area contributed by atoms with E-state index in [4.69, 9.17) is 16.3 Å². The number of hydrogen-bond donors (Lipinski definition) is 0. The van der Waals surface area contributed by atoms with Crippen LogP contribution in [0.1, 0.15) is 39.8 Å². The monoisotopic (exact) mass is 582 g/mol. The number of aromatic nitrogens is 6. The van der Waals surface area contributed by atoms with Gasteiger partial charge in [-0.2, -0.15) is 9.97 Å². The first-order valence-electron chi connectivity index (χ1n) is 8.00. The molecule has 0 atom stereocenters. The van der Waals surface area contributed by atoms with Crippen LogP contribution in [-0.2, 0) is 0 Å². The van der Waals surface area contributed by atoms with Gasteiger partial charge in [0, 0.05) is 11.1 Å². The fourth-order valence-corrected chi connectivity index (χ4v) is 3.67. The third-order valence-electron chi connectivity index (χ3n) is 3.12. The minimum atomic E-state index is 0.169. The molecule has 0 unspecified atom stereocenters. The quantitative estimate of drug-likeness (QED) is 0.352. The molecule has 0 saturated heterocycles. The molecule has 0 radical (unpaired) electrons. The molecule has 11 heteroatoms. The van der Waals surface area contributed by atoms with Crippen LogP contribution < -0.4 is 4.74 Å². The van der Waals surface area contributed by atoms with Gasteiger partial charge in [0.15, 0.2) is 4.73 Å². The highest BCUT2D eigenvalue weighted by atomic mass is 79.9. The Morgan fingerprint density at radius 2 is 1.52 bits per heavy atom. The van der Waals surface area contributed by atoms with Crippen molar-refractivity contribution in [3.63, 3.8) is 0 Å². The second kappa shape index (κ2) is 9.99. The number of rotatable bonds is 4. The van der Waals surface area contributed by atoms with Crippen molar-refractivity contribution in [2.24, 2.45) is 0 Å². The van der Waals surface area contributed by atoms with Crippen molar-refractivity contribution < 1.29 is 4.74 Å². The molecule has 7 nitrogen and oxygen atoms in total. The third kappa shape index (κ3) is 6.55. The molecule has 3 aromatic rings. The summed E-state index contributed by atoms with van der Waals surface area (Å²) in [6.07, 6.45) is 0. The van der Waals surface area contributed by atoms with E-state index in [1.54, 1.807) is 21.5 Å². The van der Waals surface area contributed by atoms with Gasteiger partial charge in [0.2, 0.25) is 9.47 Å². The van der Waals surface area contributed by atoms with Gasteiger partial charge in [-0.3, -0.25) is 0 Å². The smallest absolute Gasteiger partial charge is 0.321 e. The summed E-state index contributed by atoms with van der Waals surface area (Å²) in [5, 5.41) is 8.90. The topological polar surface area (TPSA) is 70.7 Å². The van der Waals surface area contributed by atoms with Gasteiger partial charge in [-0.1, -0.05) is 17.7 Å². The van der Waals surface area contributed by atoms with Crippen molar-refractivity contribution >= 4 is 59.4 Å². The molecule has 146 valence electrons. The van der Waals surface area contributed by atoms with Crippen LogP contribution in [0, 0.1) is 0 Å². The van der Waals surface area contributed by atoms with Crippen LogP contribution in [0.4, 0.5) is 0 Å². The van der Waals surface area contributed by atoms with E-state index in [9.17, 15) is 0 Å². The second-order valence-electron chi connectivity index (χ2n) is 5.95. The molecule has 0 saturated carbocycles. The first-order chi connectivity index (χ1) is 12.7. The highest BCUT2D eigenvalue weighted by Crippen LogP contribution is 2.25. The van der Waals surface area contributed by atoms with E-state index >= 15 is 0 Å². The lowest BCUT2D eigenvalue weighted by molar-refractivity contribution is 0.376. The summed E-state index contributed by atoms with van der Waals surface area (Å²) in [6, 6.07) is 8.11. The molecule has 0 fully saturated rings. The first kappa shape index (κ1) is 22.3. The molecule has 3 rings (SSSR count). The molecule has 0 aliphatic heterocycles. The number of hydrogen-bond acceptors (Lipinski definition) is 5. The molecule has 0 bridgehead atoms. The largest absolute Gasteiger partial charge is 0.424 e. The average molecular weight is 586 g/mol. The molecule has 1 aromatic carbocycles. The highest BCUT2D eigenvalue weighted by Gasteiger charge is 2.13. The van der Waals surface area contributed by atoms with E-state index in [0.29, 0.717) is 32.3 Å². The molecule has 27 heavy (non-hydrogen) atoms. The molecule has 0 N–H and O–H groups in total. The maximum absolute atomic E-state index is 5.89. The second-order valence-corrected chi connectivity index (χ2v) is 8.51. The van der Waals surface area contributed by atoms with E-state index in [0.717, 1.165) is 4.73 Å². The zero-order valence-corrected chi connectivity index (χ0v) is 20.6. The van der Waals surface area contributed by atoms with Gasteiger partial charge in [-0.25, -0.2) is 9.36 Å². The Hall–Kier alpha value is -0.970. The summed E-state index contributed by atoms with van der Waals surface area (Å²) in [5.74, 6) is 0.638. The standard InChI is InChI=1S/C11H11BrClN3O.C5H7Br2N3/c1-7(2)16-11(14-10(12)15-16)17-9-5-3-4-8(13)6-9;1-3(2)10-5(7)8-4(6)9-10/h3-7H,1-2H3;3H,1-2H3. The van der Waals surface area contributed by atoms with Crippen molar-refractivity contribution in [1.29, 1.82) is 0 Å². The maximum atomic E-state index is 5.89. The van der Waals surface area contributed by atoms with Crippen LogP contribution in [0.15, 0.2) is 38.5 Å². The van der Waals surface area contributed by atoms with E-state index in [1.165, 1.54) is 0 Å². The summed E-state index contributed by atoms with van der Waals surface area (Å²) >= 11 is 15.6. The van der Waals surface area contributed by atoms with Crippen LogP contribution >= 0.6 is 59.4 Å².